The maximum absolute atomic E-state index is 12.6. The van der Waals surface area contributed by atoms with Gasteiger partial charge in [-0.3, -0.25) is 9.59 Å². The molecule has 1 aliphatic rings. The Hall–Kier alpha value is -2.80. The third-order valence-electron chi connectivity index (χ3n) is 3.90. The van der Waals surface area contributed by atoms with E-state index in [9.17, 15) is 9.59 Å². The van der Waals surface area contributed by atoms with Crippen LogP contribution in [0.4, 0.5) is 11.6 Å². The van der Waals surface area contributed by atoms with Crippen LogP contribution in [0.15, 0.2) is 30.3 Å². The van der Waals surface area contributed by atoms with Gasteiger partial charge in [0.05, 0.1) is 13.2 Å². The molecule has 2 heterocycles. The van der Waals surface area contributed by atoms with Crippen LogP contribution in [-0.2, 0) is 4.74 Å². The summed E-state index contributed by atoms with van der Waals surface area (Å²) in [5.74, 6) is 0.184. The summed E-state index contributed by atoms with van der Waals surface area (Å²) in [6.45, 7) is 5.53. The van der Waals surface area contributed by atoms with Crippen molar-refractivity contribution in [2.75, 3.05) is 31.6 Å². The molecular formula is C18H20N4O3. The molecule has 7 heteroatoms. The number of nitrogens with zero attached hydrogens (tertiary/aromatic N) is 3. The van der Waals surface area contributed by atoms with Crippen LogP contribution in [0, 0.1) is 6.92 Å². The summed E-state index contributed by atoms with van der Waals surface area (Å²) in [6, 6.07) is 8.76. The minimum atomic E-state index is -0.130. The molecule has 1 saturated heterocycles. The first kappa shape index (κ1) is 17.0. The van der Waals surface area contributed by atoms with Crippen molar-refractivity contribution in [2.45, 2.75) is 13.8 Å². The molecule has 0 atom stereocenters. The fourth-order valence-corrected chi connectivity index (χ4v) is 2.61. The molecule has 130 valence electrons. The Morgan fingerprint density at radius 3 is 2.64 bits per heavy atom. The van der Waals surface area contributed by atoms with E-state index in [1.807, 2.05) is 13.0 Å². The Bertz CT molecular complexity index is 801. The van der Waals surface area contributed by atoms with Crippen LogP contribution < -0.4 is 5.32 Å². The van der Waals surface area contributed by atoms with Gasteiger partial charge in [-0.25, -0.2) is 9.97 Å². The van der Waals surface area contributed by atoms with Gasteiger partial charge in [0.25, 0.3) is 5.91 Å². The van der Waals surface area contributed by atoms with E-state index in [1.165, 1.54) is 6.92 Å². The summed E-state index contributed by atoms with van der Waals surface area (Å²) in [5, 5.41) is 3.07. The highest BCUT2D eigenvalue weighted by Gasteiger charge is 2.20. The van der Waals surface area contributed by atoms with Crippen LogP contribution in [-0.4, -0.2) is 52.9 Å². The van der Waals surface area contributed by atoms with Crippen molar-refractivity contribution < 1.29 is 14.3 Å². The Morgan fingerprint density at radius 1 is 1.16 bits per heavy atom. The monoisotopic (exact) mass is 340 g/mol. The molecule has 2 aromatic rings. The average Bonchev–Trinajstić information content (AvgIpc) is 2.61. The zero-order chi connectivity index (χ0) is 17.8. The molecule has 1 aliphatic heterocycles. The number of ketones is 1. The van der Waals surface area contributed by atoms with E-state index in [0.29, 0.717) is 54.9 Å². The maximum Gasteiger partial charge on any atom is 0.272 e. The predicted octanol–water partition coefficient (Wildman–Crippen LogP) is 2.20. The van der Waals surface area contributed by atoms with Gasteiger partial charge in [0.15, 0.2) is 5.78 Å². The number of hydrogen-bond acceptors (Lipinski definition) is 6. The second-order valence-corrected chi connectivity index (χ2v) is 5.88. The third kappa shape index (κ3) is 4.19. The predicted molar refractivity (Wildman–Crippen MR) is 93.2 cm³/mol. The topological polar surface area (TPSA) is 84.4 Å². The van der Waals surface area contributed by atoms with Crippen molar-refractivity contribution in [1.82, 2.24) is 14.9 Å². The van der Waals surface area contributed by atoms with Gasteiger partial charge in [-0.05, 0) is 32.0 Å². The number of Topliss-reactive ketones (excluding diaryl/α,β-unsaturated/α-hetero) is 1. The quantitative estimate of drug-likeness (QED) is 0.859. The zero-order valence-corrected chi connectivity index (χ0v) is 14.3. The van der Waals surface area contributed by atoms with Crippen LogP contribution in [0.5, 0.6) is 0 Å². The summed E-state index contributed by atoms with van der Waals surface area (Å²) in [6.07, 6.45) is 0. The Kier molecular flexibility index (Phi) is 5.04. The van der Waals surface area contributed by atoms with Gasteiger partial charge in [0, 0.05) is 30.0 Å². The second kappa shape index (κ2) is 7.40. The van der Waals surface area contributed by atoms with Crippen LogP contribution in [0.25, 0.3) is 0 Å². The van der Waals surface area contributed by atoms with Gasteiger partial charge in [0.2, 0.25) is 5.95 Å². The third-order valence-corrected chi connectivity index (χ3v) is 3.90. The molecule has 7 nitrogen and oxygen atoms in total. The van der Waals surface area contributed by atoms with Crippen LogP contribution in [0.3, 0.4) is 0 Å². The van der Waals surface area contributed by atoms with E-state index in [1.54, 1.807) is 29.2 Å². The number of carbonyl (C=O) groups is 2. The first-order valence-corrected chi connectivity index (χ1v) is 8.13. The summed E-state index contributed by atoms with van der Waals surface area (Å²) in [7, 11) is 0. The van der Waals surface area contributed by atoms with E-state index in [4.69, 9.17) is 4.74 Å². The fraction of sp³-hybridized carbons (Fsp3) is 0.333. The molecule has 0 radical (unpaired) electrons. The van der Waals surface area contributed by atoms with E-state index in [2.05, 4.69) is 15.3 Å². The Labute approximate surface area is 146 Å². The lowest BCUT2D eigenvalue weighted by atomic mass is 10.1. The number of benzene rings is 1. The van der Waals surface area contributed by atoms with Gasteiger partial charge >= 0.3 is 0 Å². The number of carbonyl (C=O) groups excluding carboxylic acids is 2. The van der Waals surface area contributed by atoms with Crippen molar-refractivity contribution in [3.8, 4) is 0 Å². The first-order chi connectivity index (χ1) is 12.0. The lowest BCUT2D eigenvalue weighted by Gasteiger charge is -2.26. The van der Waals surface area contributed by atoms with Crippen molar-refractivity contribution in [3.63, 3.8) is 0 Å². The number of rotatable bonds is 4. The van der Waals surface area contributed by atoms with Crippen molar-refractivity contribution in [3.05, 3.63) is 47.3 Å². The molecule has 0 spiro atoms. The molecule has 1 aromatic carbocycles. The van der Waals surface area contributed by atoms with E-state index >= 15 is 0 Å². The van der Waals surface area contributed by atoms with E-state index < -0.39 is 0 Å². The zero-order valence-electron chi connectivity index (χ0n) is 14.3. The van der Waals surface area contributed by atoms with Gasteiger partial charge in [-0.1, -0.05) is 12.1 Å². The number of morpholine rings is 1. The normalized spacial score (nSPS) is 14.2. The lowest BCUT2D eigenvalue weighted by molar-refractivity contribution is 0.0299. The molecule has 0 unspecified atom stereocenters. The van der Waals surface area contributed by atoms with Gasteiger partial charge in [-0.2, -0.15) is 0 Å². The number of nitrogens with one attached hydrogen (secondary N) is 1. The summed E-state index contributed by atoms with van der Waals surface area (Å²) in [5.41, 5.74) is 2.33. The highest BCUT2D eigenvalue weighted by molar-refractivity contribution is 5.95. The SMILES string of the molecule is CC(=O)c1cccc(Nc2nc(C)cc(C(=O)N3CCOCC3)n2)c1. The standard InChI is InChI=1S/C18H20N4O3/c1-12-10-16(17(24)22-6-8-25-9-7-22)21-18(19-12)20-15-5-3-4-14(11-15)13(2)23/h3-5,10-11H,6-9H2,1-2H3,(H,19,20,21). The number of aromatic nitrogens is 2. The summed E-state index contributed by atoms with van der Waals surface area (Å²) >= 11 is 0. The van der Waals surface area contributed by atoms with E-state index in [0.717, 1.165) is 0 Å². The number of aryl methyl sites for hydroxylation is 1. The smallest absolute Gasteiger partial charge is 0.272 e. The number of anilines is 2. The van der Waals surface area contributed by atoms with Gasteiger partial charge < -0.3 is 15.0 Å². The van der Waals surface area contributed by atoms with Gasteiger partial charge in [0.1, 0.15) is 5.69 Å². The lowest BCUT2D eigenvalue weighted by Crippen LogP contribution is -2.41. The molecule has 1 N–H and O–H groups in total. The van der Waals surface area contributed by atoms with Crippen molar-refractivity contribution >= 4 is 23.3 Å². The highest BCUT2D eigenvalue weighted by Crippen LogP contribution is 2.17. The summed E-state index contributed by atoms with van der Waals surface area (Å²) < 4.78 is 5.28. The molecule has 1 amide bonds. The average molecular weight is 340 g/mol. The second-order valence-electron chi connectivity index (χ2n) is 5.88. The van der Waals surface area contributed by atoms with Crippen LogP contribution in [0.1, 0.15) is 33.5 Å². The largest absolute Gasteiger partial charge is 0.378 e. The molecule has 1 fully saturated rings. The van der Waals surface area contributed by atoms with E-state index in [-0.39, 0.29) is 11.7 Å². The number of hydrogen-bond donors (Lipinski definition) is 1. The first-order valence-electron chi connectivity index (χ1n) is 8.13. The van der Waals surface area contributed by atoms with Crippen LogP contribution >= 0.6 is 0 Å². The molecule has 25 heavy (non-hydrogen) atoms. The molecule has 0 bridgehead atoms. The molecule has 0 aliphatic carbocycles. The Balaban J connectivity index is 1.83. The maximum atomic E-state index is 12.6. The minimum Gasteiger partial charge on any atom is -0.378 e. The molecule has 0 saturated carbocycles. The molecule has 3 rings (SSSR count). The van der Waals surface area contributed by atoms with Gasteiger partial charge in [-0.15, -0.1) is 0 Å². The van der Waals surface area contributed by atoms with Crippen molar-refractivity contribution in [2.24, 2.45) is 0 Å². The highest BCUT2D eigenvalue weighted by atomic mass is 16.5. The molecular weight excluding hydrogens is 320 g/mol. The number of ether oxygens (including phenoxy) is 1. The minimum absolute atomic E-state index is 0.0167. The van der Waals surface area contributed by atoms with Crippen LogP contribution in [0.2, 0.25) is 0 Å². The summed E-state index contributed by atoms with van der Waals surface area (Å²) in [4.78, 5) is 34.5. The number of amides is 1. The van der Waals surface area contributed by atoms with Crippen molar-refractivity contribution in [1.29, 1.82) is 0 Å². The Morgan fingerprint density at radius 2 is 1.92 bits per heavy atom. The molecule has 1 aromatic heterocycles. The fourth-order valence-electron chi connectivity index (χ4n) is 2.61.